The molecule has 1 amide bonds. The Morgan fingerprint density at radius 1 is 1.71 bits per heavy atom. The van der Waals surface area contributed by atoms with Crippen molar-refractivity contribution in [1.82, 2.24) is 5.43 Å². The molecule has 1 aromatic rings. The largest absolute Gasteiger partial charge is 0.466 e. The lowest BCUT2D eigenvalue weighted by Crippen LogP contribution is -2.29. The van der Waals surface area contributed by atoms with Crippen molar-refractivity contribution < 1.29 is 13.9 Å². The van der Waals surface area contributed by atoms with Gasteiger partial charge in [-0.1, -0.05) is 0 Å². The molecular formula is C9H14N2O3. The zero-order chi connectivity index (χ0) is 10.6. The second-order valence-corrected chi connectivity index (χ2v) is 3.13. The standard InChI is InChI=1S/C9H14N2O3/c1-6(2)13-5-8-3-7(4-14-8)9(12)11-10/h3-4,6H,5,10H2,1-2H3,(H,11,12). The highest BCUT2D eigenvalue weighted by atomic mass is 16.5. The van der Waals surface area contributed by atoms with Gasteiger partial charge in [0.1, 0.15) is 18.6 Å². The molecule has 1 rings (SSSR count). The van der Waals surface area contributed by atoms with Crippen molar-refractivity contribution in [3.05, 3.63) is 23.7 Å². The van der Waals surface area contributed by atoms with Crippen LogP contribution in [0.2, 0.25) is 0 Å². The van der Waals surface area contributed by atoms with Gasteiger partial charge in [-0.2, -0.15) is 0 Å². The van der Waals surface area contributed by atoms with Crippen LogP contribution >= 0.6 is 0 Å². The maximum absolute atomic E-state index is 11.0. The summed E-state index contributed by atoms with van der Waals surface area (Å²) in [6.07, 6.45) is 1.48. The Hall–Kier alpha value is -1.33. The van der Waals surface area contributed by atoms with E-state index in [0.29, 0.717) is 17.9 Å². The third kappa shape index (κ3) is 2.86. The molecule has 1 aromatic heterocycles. The fourth-order valence-corrected chi connectivity index (χ4v) is 0.908. The third-order valence-corrected chi connectivity index (χ3v) is 1.61. The second kappa shape index (κ2) is 4.78. The van der Waals surface area contributed by atoms with E-state index in [1.807, 2.05) is 19.3 Å². The van der Waals surface area contributed by atoms with Gasteiger partial charge in [0, 0.05) is 0 Å². The van der Waals surface area contributed by atoms with Gasteiger partial charge in [-0.25, -0.2) is 5.84 Å². The van der Waals surface area contributed by atoms with E-state index in [9.17, 15) is 4.79 Å². The summed E-state index contributed by atoms with van der Waals surface area (Å²) in [5, 5.41) is 0. The molecule has 5 heteroatoms. The Labute approximate surface area is 82.2 Å². The van der Waals surface area contributed by atoms with E-state index in [4.69, 9.17) is 15.0 Å². The highest BCUT2D eigenvalue weighted by Crippen LogP contribution is 2.09. The van der Waals surface area contributed by atoms with E-state index in [2.05, 4.69) is 0 Å². The molecule has 5 nitrogen and oxygen atoms in total. The molecule has 0 bridgehead atoms. The van der Waals surface area contributed by atoms with Crippen LogP contribution in [-0.2, 0) is 11.3 Å². The number of ether oxygens (including phenoxy) is 1. The normalized spacial score (nSPS) is 10.6. The van der Waals surface area contributed by atoms with Gasteiger partial charge in [0.15, 0.2) is 0 Å². The summed E-state index contributed by atoms with van der Waals surface area (Å²) >= 11 is 0. The number of carbonyl (C=O) groups excluding carboxylic acids is 1. The Morgan fingerprint density at radius 3 is 3.00 bits per heavy atom. The lowest BCUT2D eigenvalue weighted by molar-refractivity contribution is 0.0545. The zero-order valence-corrected chi connectivity index (χ0v) is 8.24. The minimum Gasteiger partial charge on any atom is -0.466 e. The van der Waals surface area contributed by atoms with Crippen molar-refractivity contribution in [3.8, 4) is 0 Å². The van der Waals surface area contributed by atoms with Crippen LogP contribution in [0.3, 0.4) is 0 Å². The molecule has 0 radical (unpaired) electrons. The first kappa shape index (κ1) is 10.7. The number of furan rings is 1. The molecular weight excluding hydrogens is 184 g/mol. The predicted octanol–water partition coefficient (Wildman–Crippen LogP) is 0.808. The number of nitrogen functional groups attached to an aromatic ring is 1. The van der Waals surface area contributed by atoms with Gasteiger partial charge in [0.25, 0.3) is 5.91 Å². The molecule has 0 aliphatic heterocycles. The van der Waals surface area contributed by atoms with E-state index in [0.717, 1.165) is 0 Å². The van der Waals surface area contributed by atoms with Gasteiger partial charge in [-0.15, -0.1) is 0 Å². The monoisotopic (exact) mass is 198 g/mol. The lowest BCUT2D eigenvalue weighted by Gasteiger charge is -2.03. The molecule has 0 aliphatic rings. The first-order chi connectivity index (χ1) is 6.63. The second-order valence-electron chi connectivity index (χ2n) is 3.13. The van der Waals surface area contributed by atoms with Gasteiger partial charge in [-0.05, 0) is 19.9 Å². The fraction of sp³-hybridized carbons (Fsp3) is 0.444. The highest BCUT2D eigenvalue weighted by molar-refractivity contribution is 5.93. The molecule has 0 aliphatic carbocycles. The summed E-state index contributed by atoms with van der Waals surface area (Å²) in [7, 11) is 0. The van der Waals surface area contributed by atoms with Crippen LogP contribution in [0.1, 0.15) is 30.0 Å². The van der Waals surface area contributed by atoms with Gasteiger partial charge < -0.3 is 9.15 Å². The Bertz CT molecular complexity index is 307. The molecule has 0 saturated carbocycles. The summed E-state index contributed by atoms with van der Waals surface area (Å²) in [5.41, 5.74) is 2.42. The van der Waals surface area contributed by atoms with E-state index in [1.165, 1.54) is 6.26 Å². The molecule has 14 heavy (non-hydrogen) atoms. The number of nitrogens with two attached hydrogens (primary N) is 1. The van der Waals surface area contributed by atoms with Gasteiger partial charge in [-0.3, -0.25) is 10.2 Å². The first-order valence-corrected chi connectivity index (χ1v) is 4.33. The van der Waals surface area contributed by atoms with Gasteiger partial charge in [0.05, 0.1) is 11.7 Å². The molecule has 0 fully saturated rings. The van der Waals surface area contributed by atoms with Crippen molar-refractivity contribution in [2.24, 2.45) is 5.84 Å². The van der Waals surface area contributed by atoms with Crippen molar-refractivity contribution in [1.29, 1.82) is 0 Å². The minimum atomic E-state index is -0.371. The smallest absolute Gasteiger partial charge is 0.268 e. The highest BCUT2D eigenvalue weighted by Gasteiger charge is 2.08. The number of hydrogen-bond donors (Lipinski definition) is 2. The van der Waals surface area contributed by atoms with Gasteiger partial charge >= 0.3 is 0 Å². The van der Waals surface area contributed by atoms with Crippen molar-refractivity contribution >= 4 is 5.91 Å². The lowest BCUT2D eigenvalue weighted by atomic mass is 10.3. The van der Waals surface area contributed by atoms with Crippen molar-refractivity contribution in [2.45, 2.75) is 26.6 Å². The number of nitrogens with one attached hydrogen (secondary N) is 1. The Balaban J connectivity index is 2.55. The SMILES string of the molecule is CC(C)OCc1cc(C(=O)NN)co1. The number of hydrazine groups is 1. The summed E-state index contributed by atoms with van der Waals surface area (Å²) in [5.74, 6) is 5.20. The average molecular weight is 198 g/mol. The third-order valence-electron chi connectivity index (χ3n) is 1.61. The fourth-order valence-electron chi connectivity index (χ4n) is 0.908. The van der Waals surface area contributed by atoms with Crippen LogP contribution in [-0.4, -0.2) is 12.0 Å². The van der Waals surface area contributed by atoms with E-state index >= 15 is 0 Å². The molecule has 3 N–H and O–H groups in total. The maximum Gasteiger partial charge on any atom is 0.268 e. The van der Waals surface area contributed by atoms with E-state index < -0.39 is 0 Å². The topological polar surface area (TPSA) is 77.5 Å². The van der Waals surface area contributed by atoms with Crippen LogP contribution in [0, 0.1) is 0 Å². The predicted molar refractivity (Wildman–Crippen MR) is 50.3 cm³/mol. The summed E-state index contributed by atoms with van der Waals surface area (Å²) in [6, 6.07) is 1.60. The summed E-state index contributed by atoms with van der Waals surface area (Å²) in [6.45, 7) is 4.21. The molecule has 0 spiro atoms. The summed E-state index contributed by atoms with van der Waals surface area (Å²) in [4.78, 5) is 11.0. The maximum atomic E-state index is 11.0. The van der Waals surface area contributed by atoms with Crippen molar-refractivity contribution in [3.63, 3.8) is 0 Å². The van der Waals surface area contributed by atoms with Crippen LogP contribution < -0.4 is 11.3 Å². The number of amides is 1. The van der Waals surface area contributed by atoms with Crippen LogP contribution in [0.5, 0.6) is 0 Å². The molecule has 0 saturated heterocycles. The molecule has 0 aromatic carbocycles. The Kier molecular flexibility index (Phi) is 3.67. The number of rotatable bonds is 4. The van der Waals surface area contributed by atoms with Gasteiger partial charge in [0.2, 0.25) is 0 Å². The van der Waals surface area contributed by atoms with Crippen LogP contribution in [0.4, 0.5) is 0 Å². The van der Waals surface area contributed by atoms with Crippen LogP contribution in [0.15, 0.2) is 16.7 Å². The van der Waals surface area contributed by atoms with Crippen LogP contribution in [0.25, 0.3) is 0 Å². The average Bonchev–Trinajstić information content (AvgIpc) is 2.62. The Morgan fingerprint density at radius 2 is 2.43 bits per heavy atom. The quantitative estimate of drug-likeness (QED) is 0.426. The molecule has 78 valence electrons. The molecule has 0 unspecified atom stereocenters. The first-order valence-electron chi connectivity index (χ1n) is 4.33. The number of carbonyl (C=O) groups is 1. The van der Waals surface area contributed by atoms with E-state index in [1.54, 1.807) is 6.07 Å². The minimum absolute atomic E-state index is 0.131. The molecule has 1 heterocycles. The molecule has 0 atom stereocenters. The summed E-state index contributed by atoms with van der Waals surface area (Å²) < 4.78 is 10.4. The van der Waals surface area contributed by atoms with Crippen molar-refractivity contribution in [2.75, 3.05) is 0 Å². The zero-order valence-electron chi connectivity index (χ0n) is 8.24. The van der Waals surface area contributed by atoms with E-state index in [-0.39, 0.29) is 12.0 Å². The number of hydrogen-bond acceptors (Lipinski definition) is 4.